The lowest BCUT2D eigenvalue weighted by atomic mass is 10.2. The monoisotopic (exact) mass is 187 g/mol. The second kappa shape index (κ2) is 4.62. The first-order valence-corrected chi connectivity index (χ1v) is 3.26. The smallest absolute Gasteiger partial charge is 0.337 e. The highest BCUT2D eigenvalue weighted by molar-refractivity contribution is 5.94. The summed E-state index contributed by atoms with van der Waals surface area (Å²) in [6, 6.07) is 6.78. The summed E-state index contributed by atoms with van der Waals surface area (Å²) in [7, 11) is 1.70. The average molecular weight is 188 g/mol. The number of aromatic carboxylic acids is 1. The summed E-state index contributed by atoms with van der Waals surface area (Å²) in [5, 5.41) is 11.5. The van der Waals surface area contributed by atoms with Gasteiger partial charge in [-0.2, -0.15) is 0 Å². The van der Waals surface area contributed by atoms with Gasteiger partial charge in [0.2, 0.25) is 0 Å². The van der Waals surface area contributed by atoms with Gasteiger partial charge in [-0.3, -0.25) is 0 Å². The van der Waals surface area contributed by atoms with Crippen LogP contribution in [0.15, 0.2) is 24.3 Å². The number of anilines is 1. The molecule has 0 unspecified atom stereocenters. The zero-order valence-corrected chi connectivity index (χ0v) is 7.39. The maximum atomic E-state index is 10.5. The van der Waals surface area contributed by atoms with Gasteiger partial charge < -0.3 is 10.4 Å². The van der Waals surface area contributed by atoms with E-state index in [1.54, 1.807) is 31.3 Å². The first kappa shape index (κ1) is 10.8. The molecule has 0 saturated heterocycles. The summed E-state index contributed by atoms with van der Waals surface area (Å²) in [5.41, 5.74) is 0.940. The second-order valence-corrected chi connectivity index (χ2v) is 2.10. The summed E-state index contributed by atoms with van der Waals surface area (Å²) in [6.45, 7) is 0. The lowest BCUT2D eigenvalue weighted by Crippen LogP contribution is -2.01. The standard InChI is InChI=1S/C8H9NO2.ClH/c1-9-7-5-3-2-4-6(7)8(10)11;/h2-5,9H,1H3,(H,10,11);1H. The largest absolute Gasteiger partial charge is 0.478 e. The van der Waals surface area contributed by atoms with Crippen molar-refractivity contribution < 1.29 is 9.90 Å². The number of rotatable bonds is 2. The number of hydrogen-bond acceptors (Lipinski definition) is 2. The first-order chi connectivity index (χ1) is 5.25. The topological polar surface area (TPSA) is 49.3 Å². The molecular formula is C8H10ClNO2. The van der Waals surface area contributed by atoms with Crippen molar-refractivity contribution in [2.45, 2.75) is 0 Å². The van der Waals surface area contributed by atoms with Crippen LogP contribution < -0.4 is 5.32 Å². The maximum Gasteiger partial charge on any atom is 0.337 e. The number of para-hydroxylation sites is 1. The zero-order valence-electron chi connectivity index (χ0n) is 6.57. The van der Waals surface area contributed by atoms with Crippen molar-refractivity contribution in [1.82, 2.24) is 0 Å². The van der Waals surface area contributed by atoms with E-state index in [1.165, 1.54) is 0 Å². The van der Waals surface area contributed by atoms with Crippen LogP contribution in [0.4, 0.5) is 5.69 Å². The van der Waals surface area contributed by atoms with E-state index in [0.717, 1.165) is 0 Å². The fraction of sp³-hybridized carbons (Fsp3) is 0.125. The minimum absolute atomic E-state index is 0. The third kappa shape index (κ3) is 2.13. The van der Waals surface area contributed by atoms with Gasteiger partial charge >= 0.3 is 5.97 Å². The van der Waals surface area contributed by atoms with Crippen LogP contribution in [0.3, 0.4) is 0 Å². The maximum absolute atomic E-state index is 10.5. The zero-order chi connectivity index (χ0) is 8.27. The molecule has 0 heterocycles. The number of carboxylic acid groups (broad SMARTS) is 1. The molecule has 0 aliphatic carbocycles. The molecular weight excluding hydrogens is 178 g/mol. The highest BCUT2D eigenvalue weighted by Crippen LogP contribution is 2.12. The molecule has 2 N–H and O–H groups in total. The Kier molecular flexibility index (Phi) is 4.15. The molecule has 66 valence electrons. The van der Waals surface area contributed by atoms with E-state index in [-0.39, 0.29) is 12.4 Å². The molecule has 0 aliphatic rings. The van der Waals surface area contributed by atoms with Crippen LogP contribution in [0.5, 0.6) is 0 Å². The molecule has 0 saturated carbocycles. The SMILES string of the molecule is CNc1ccccc1C(=O)O.Cl. The second-order valence-electron chi connectivity index (χ2n) is 2.10. The molecule has 1 aromatic carbocycles. The van der Waals surface area contributed by atoms with Crippen LogP contribution in [-0.2, 0) is 0 Å². The number of halogens is 1. The Balaban J connectivity index is 0.00000121. The Morgan fingerprint density at radius 1 is 1.42 bits per heavy atom. The minimum Gasteiger partial charge on any atom is -0.478 e. The summed E-state index contributed by atoms with van der Waals surface area (Å²) in [6.07, 6.45) is 0. The van der Waals surface area contributed by atoms with Crippen molar-refractivity contribution in [3.63, 3.8) is 0 Å². The van der Waals surface area contributed by atoms with Crippen LogP contribution in [0.25, 0.3) is 0 Å². The quantitative estimate of drug-likeness (QED) is 0.743. The molecule has 4 heteroatoms. The van der Waals surface area contributed by atoms with E-state index < -0.39 is 5.97 Å². The third-order valence-corrected chi connectivity index (χ3v) is 1.43. The molecule has 1 aromatic rings. The van der Waals surface area contributed by atoms with Gasteiger partial charge in [0.05, 0.1) is 5.56 Å². The Labute approximate surface area is 76.8 Å². The van der Waals surface area contributed by atoms with Crippen LogP contribution in [0.1, 0.15) is 10.4 Å². The minimum atomic E-state index is -0.907. The number of benzene rings is 1. The van der Waals surface area contributed by atoms with Crippen molar-refractivity contribution >= 4 is 24.1 Å². The number of carboxylic acids is 1. The third-order valence-electron chi connectivity index (χ3n) is 1.43. The van der Waals surface area contributed by atoms with E-state index in [0.29, 0.717) is 11.3 Å². The van der Waals surface area contributed by atoms with Gasteiger partial charge in [-0.25, -0.2) is 4.79 Å². The van der Waals surface area contributed by atoms with Gasteiger partial charge in [-0.15, -0.1) is 12.4 Å². The predicted octanol–water partition coefficient (Wildman–Crippen LogP) is 1.85. The van der Waals surface area contributed by atoms with Crippen molar-refractivity contribution in [1.29, 1.82) is 0 Å². The van der Waals surface area contributed by atoms with E-state index in [4.69, 9.17) is 5.11 Å². The lowest BCUT2D eigenvalue weighted by Gasteiger charge is -2.02. The molecule has 0 bridgehead atoms. The Morgan fingerprint density at radius 3 is 2.42 bits per heavy atom. The molecule has 0 fully saturated rings. The van der Waals surface area contributed by atoms with Crippen molar-refractivity contribution in [2.75, 3.05) is 12.4 Å². The van der Waals surface area contributed by atoms with E-state index in [1.807, 2.05) is 0 Å². The van der Waals surface area contributed by atoms with Gasteiger partial charge in [0.15, 0.2) is 0 Å². The van der Waals surface area contributed by atoms with E-state index in [2.05, 4.69) is 5.32 Å². The summed E-state index contributed by atoms with van der Waals surface area (Å²) in [5.74, 6) is -0.907. The van der Waals surface area contributed by atoms with Crippen molar-refractivity contribution in [3.8, 4) is 0 Å². The van der Waals surface area contributed by atoms with Crippen LogP contribution in [0, 0.1) is 0 Å². The molecule has 0 spiro atoms. The molecule has 0 amide bonds. The van der Waals surface area contributed by atoms with Gasteiger partial charge in [-0.1, -0.05) is 12.1 Å². The normalized spacial score (nSPS) is 8.42. The summed E-state index contributed by atoms with van der Waals surface area (Å²) >= 11 is 0. The van der Waals surface area contributed by atoms with Crippen molar-refractivity contribution in [2.24, 2.45) is 0 Å². The number of hydrogen-bond donors (Lipinski definition) is 2. The summed E-state index contributed by atoms with van der Waals surface area (Å²) < 4.78 is 0. The first-order valence-electron chi connectivity index (χ1n) is 3.26. The van der Waals surface area contributed by atoms with Gasteiger partial charge in [0, 0.05) is 12.7 Å². The molecule has 0 aliphatic heterocycles. The molecule has 0 aromatic heterocycles. The van der Waals surface area contributed by atoms with Crippen molar-refractivity contribution in [3.05, 3.63) is 29.8 Å². The fourth-order valence-electron chi connectivity index (χ4n) is 0.888. The van der Waals surface area contributed by atoms with Gasteiger partial charge in [0.1, 0.15) is 0 Å². The number of carbonyl (C=O) groups is 1. The van der Waals surface area contributed by atoms with Gasteiger partial charge in [0.25, 0.3) is 0 Å². The van der Waals surface area contributed by atoms with E-state index >= 15 is 0 Å². The lowest BCUT2D eigenvalue weighted by molar-refractivity contribution is 0.0698. The molecule has 1 rings (SSSR count). The summed E-state index contributed by atoms with van der Waals surface area (Å²) in [4.78, 5) is 10.5. The Bertz CT molecular complexity index is 276. The van der Waals surface area contributed by atoms with E-state index in [9.17, 15) is 4.79 Å². The van der Waals surface area contributed by atoms with Crippen LogP contribution >= 0.6 is 12.4 Å². The highest BCUT2D eigenvalue weighted by Gasteiger charge is 2.05. The Hall–Kier alpha value is -1.22. The molecule has 0 radical (unpaired) electrons. The van der Waals surface area contributed by atoms with Crippen LogP contribution in [0.2, 0.25) is 0 Å². The van der Waals surface area contributed by atoms with Gasteiger partial charge in [-0.05, 0) is 12.1 Å². The average Bonchev–Trinajstić information content (AvgIpc) is 2.04. The van der Waals surface area contributed by atoms with Crippen LogP contribution in [-0.4, -0.2) is 18.1 Å². The highest BCUT2D eigenvalue weighted by atomic mass is 35.5. The predicted molar refractivity (Wildman–Crippen MR) is 50.2 cm³/mol. The molecule has 12 heavy (non-hydrogen) atoms. The fourth-order valence-corrected chi connectivity index (χ4v) is 0.888. The number of nitrogens with one attached hydrogen (secondary N) is 1. The molecule has 0 atom stereocenters. The Morgan fingerprint density at radius 2 is 2.00 bits per heavy atom. The molecule has 3 nitrogen and oxygen atoms in total.